The highest BCUT2D eigenvalue weighted by Crippen LogP contribution is 2.19. The molecule has 0 aliphatic carbocycles. The van der Waals surface area contributed by atoms with Crippen LogP contribution in [0.25, 0.3) is 0 Å². The van der Waals surface area contributed by atoms with Crippen molar-refractivity contribution in [2.24, 2.45) is 0 Å². The van der Waals surface area contributed by atoms with Crippen molar-refractivity contribution in [3.8, 4) is 0 Å². The highest BCUT2D eigenvalue weighted by atomic mass is 16.4. The fourth-order valence-electron chi connectivity index (χ4n) is 1.49. The smallest absolute Gasteiger partial charge is 0.392 e. The molecule has 0 radical (unpaired) electrons. The number of hydrogen-bond donors (Lipinski definition) is 1. The number of piperidine rings is 1. The lowest BCUT2D eigenvalue weighted by Crippen LogP contribution is -2.33. The second kappa shape index (κ2) is 3.72. The van der Waals surface area contributed by atoms with Crippen molar-refractivity contribution < 1.29 is 19.1 Å². The maximum Gasteiger partial charge on any atom is 0.392 e. The molecule has 1 N–H and O–H groups in total. The molecule has 1 saturated heterocycles. The second-order valence-corrected chi connectivity index (χ2v) is 3.33. The molecule has 1 aromatic rings. The lowest BCUT2D eigenvalue weighted by molar-refractivity contribution is -0.119. The van der Waals surface area contributed by atoms with E-state index in [2.05, 4.69) is 4.98 Å². The first-order valence-electron chi connectivity index (χ1n) is 4.62. The normalized spacial score (nSPS) is 16.8. The van der Waals surface area contributed by atoms with Gasteiger partial charge in [0.1, 0.15) is 5.78 Å². The minimum absolute atomic E-state index is 0.226. The third-order valence-corrected chi connectivity index (χ3v) is 2.31. The summed E-state index contributed by atoms with van der Waals surface area (Å²) in [4.78, 5) is 26.9. The number of aromatic nitrogens is 1. The Hall–Kier alpha value is -1.85. The Morgan fingerprint density at radius 2 is 2.13 bits per heavy atom. The van der Waals surface area contributed by atoms with Crippen LogP contribution < -0.4 is 4.90 Å². The average Bonchev–Trinajstić information content (AvgIpc) is 2.68. The Kier molecular flexibility index (Phi) is 2.40. The van der Waals surface area contributed by atoms with Crippen LogP contribution >= 0.6 is 0 Å². The standard InChI is InChI=1S/C9H10N2O4/c12-6-1-3-11(4-2-6)7-5-10-8(15-7)9(13)14/h5H,1-4H2,(H,13,14). The Balaban J connectivity index is 2.09. The van der Waals surface area contributed by atoms with Gasteiger partial charge in [-0.25, -0.2) is 9.78 Å². The van der Waals surface area contributed by atoms with E-state index in [9.17, 15) is 9.59 Å². The Labute approximate surface area is 85.5 Å². The lowest BCUT2D eigenvalue weighted by atomic mass is 10.1. The van der Waals surface area contributed by atoms with Crippen molar-refractivity contribution >= 4 is 17.6 Å². The Bertz CT molecular complexity index is 389. The third-order valence-electron chi connectivity index (χ3n) is 2.31. The highest BCUT2D eigenvalue weighted by Gasteiger charge is 2.20. The van der Waals surface area contributed by atoms with Gasteiger partial charge in [0, 0.05) is 25.9 Å². The van der Waals surface area contributed by atoms with Crippen LogP contribution in [0.5, 0.6) is 0 Å². The predicted molar refractivity (Wildman–Crippen MR) is 49.9 cm³/mol. The molecule has 1 aliphatic rings. The number of nitrogens with zero attached hydrogens (tertiary/aromatic N) is 2. The van der Waals surface area contributed by atoms with Crippen LogP contribution in [0.15, 0.2) is 10.6 Å². The summed E-state index contributed by atoms with van der Waals surface area (Å²) in [5.74, 6) is -0.861. The van der Waals surface area contributed by atoms with Gasteiger partial charge in [0.15, 0.2) is 0 Å². The van der Waals surface area contributed by atoms with E-state index < -0.39 is 5.97 Å². The van der Waals surface area contributed by atoms with E-state index in [-0.39, 0.29) is 11.7 Å². The molecule has 80 valence electrons. The average molecular weight is 210 g/mol. The lowest BCUT2D eigenvalue weighted by Gasteiger charge is -2.24. The molecule has 0 aromatic carbocycles. The van der Waals surface area contributed by atoms with Crippen molar-refractivity contribution in [3.63, 3.8) is 0 Å². The quantitative estimate of drug-likeness (QED) is 0.767. The number of rotatable bonds is 2. The summed E-state index contributed by atoms with van der Waals surface area (Å²) in [5, 5.41) is 8.61. The summed E-state index contributed by atoms with van der Waals surface area (Å²) in [6, 6.07) is 0. The highest BCUT2D eigenvalue weighted by molar-refractivity contribution is 5.83. The molecule has 1 aliphatic heterocycles. The summed E-state index contributed by atoms with van der Waals surface area (Å²) < 4.78 is 5.02. The van der Waals surface area contributed by atoms with Crippen molar-refractivity contribution in [3.05, 3.63) is 12.1 Å². The molecule has 0 spiro atoms. The van der Waals surface area contributed by atoms with Gasteiger partial charge in [0.25, 0.3) is 0 Å². The van der Waals surface area contributed by atoms with Crippen molar-refractivity contribution in [1.82, 2.24) is 4.98 Å². The molecule has 0 amide bonds. The van der Waals surface area contributed by atoms with Crippen LogP contribution in [0.3, 0.4) is 0 Å². The van der Waals surface area contributed by atoms with Crippen LogP contribution in [0.4, 0.5) is 5.88 Å². The van der Waals surface area contributed by atoms with Gasteiger partial charge >= 0.3 is 11.9 Å². The zero-order chi connectivity index (χ0) is 10.8. The number of ketones is 1. The van der Waals surface area contributed by atoms with E-state index in [0.29, 0.717) is 31.8 Å². The second-order valence-electron chi connectivity index (χ2n) is 3.33. The minimum Gasteiger partial charge on any atom is -0.474 e. The maximum absolute atomic E-state index is 11.0. The first-order valence-corrected chi connectivity index (χ1v) is 4.62. The first kappa shape index (κ1) is 9.70. The Morgan fingerprint density at radius 1 is 1.47 bits per heavy atom. The number of Topliss-reactive ketones (excluding diaryl/α,β-unsaturated/α-hetero) is 1. The number of aromatic carboxylic acids is 1. The van der Waals surface area contributed by atoms with Gasteiger partial charge < -0.3 is 14.4 Å². The molecule has 0 saturated carbocycles. The molecule has 2 heterocycles. The molecule has 0 unspecified atom stereocenters. The van der Waals surface area contributed by atoms with E-state index in [1.807, 2.05) is 4.90 Å². The first-order chi connectivity index (χ1) is 7.16. The molecule has 15 heavy (non-hydrogen) atoms. The number of hydrogen-bond acceptors (Lipinski definition) is 5. The molecule has 1 aromatic heterocycles. The van der Waals surface area contributed by atoms with E-state index in [0.717, 1.165) is 0 Å². The number of carboxylic acids is 1. The van der Waals surface area contributed by atoms with Gasteiger partial charge in [-0.2, -0.15) is 0 Å². The molecular formula is C9H10N2O4. The van der Waals surface area contributed by atoms with Gasteiger partial charge in [-0.05, 0) is 0 Å². The van der Waals surface area contributed by atoms with Crippen LogP contribution in [0.2, 0.25) is 0 Å². The molecular weight excluding hydrogens is 200 g/mol. The minimum atomic E-state index is -1.19. The summed E-state index contributed by atoms with van der Waals surface area (Å²) >= 11 is 0. The summed E-state index contributed by atoms with van der Waals surface area (Å²) in [5.41, 5.74) is 0. The summed E-state index contributed by atoms with van der Waals surface area (Å²) in [6.45, 7) is 1.13. The van der Waals surface area contributed by atoms with E-state index in [1.54, 1.807) is 0 Å². The predicted octanol–water partition coefficient (Wildman–Crippen LogP) is 0.542. The number of carboxylic acid groups (broad SMARTS) is 1. The summed E-state index contributed by atoms with van der Waals surface area (Å²) in [7, 11) is 0. The zero-order valence-corrected chi connectivity index (χ0v) is 7.97. The topological polar surface area (TPSA) is 83.6 Å². The SMILES string of the molecule is O=C1CCN(c2cnc(C(=O)O)o2)CC1. The van der Waals surface area contributed by atoms with Crippen LogP contribution in [0, 0.1) is 0 Å². The van der Waals surface area contributed by atoms with Crippen LogP contribution in [-0.2, 0) is 4.79 Å². The molecule has 2 rings (SSSR count). The number of carbonyl (C=O) groups is 2. The Morgan fingerprint density at radius 3 is 2.67 bits per heavy atom. The number of oxazole rings is 1. The largest absolute Gasteiger partial charge is 0.474 e. The fraction of sp³-hybridized carbons (Fsp3) is 0.444. The molecule has 1 fully saturated rings. The molecule has 6 heteroatoms. The van der Waals surface area contributed by atoms with Crippen LogP contribution in [0.1, 0.15) is 23.5 Å². The molecule has 6 nitrogen and oxygen atoms in total. The monoisotopic (exact) mass is 210 g/mol. The molecule has 0 bridgehead atoms. The van der Waals surface area contributed by atoms with E-state index >= 15 is 0 Å². The van der Waals surface area contributed by atoms with Gasteiger partial charge in [-0.15, -0.1) is 0 Å². The number of anilines is 1. The van der Waals surface area contributed by atoms with Crippen molar-refractivity contribution in [1.29, 1.82) is 0 Å². The zero-order valence-electron chi connectivity index (χ0n) is 7.97. The van der Waals surface area contributed by atoms with Gasteiger partial charge in [0.05, 0.1) is 6.20 Å². The van der Waals surface area contributed by atoms with Crippen molar-refractivity contribution in [2.75, 3.05) is 18.0 Å². The van der Waals surface area contributed by atoms with Gasteiger partial charge in [-0.1, -0.05) is 0 Å². The van der Waals surface area contributed by atoms with E-state index in [1.165, 1.54) is 6.20 Å². The third kappa shape index (κ3) is 1.98. The molecule has 0 atom stereocenters. The fourth-order valence-corrected chi connectivity index (χ4v) is 1.49. The number of carbonyl (C=O) groups excluding carboxylic acids is 1. The van der Waals surface area contributed by atoms with Crippen LogP contribution in [-0.4, -0.2) is 34.9 Å². The summed E-state index contributed by atoms with van der Waals surface area (Å²) in [6.07, 6.45) is 2.32. The van der Waals surface area contributed by atoms with Gasteiger partial charge in [0.2, 0.25) is 5.88 Å². The van der Waals surface area contributed by atoms with E-state index in [4.69, 9.17) is 9.52 Å². The maximum atomic E-state index is 11.0. The van der Waals surface area contributed by atoms with Crippen molar-refractivity contribution in [2.45, 2.75) is 12.8 Å². The van der Waals surface area contributed by atoms with Gasteiger partial charge in [-0.3, -0.25) is 4.79 Å².